The van der Waals surface area contributed by atoms with E-state index < -0.39 is 11.2 Å². The molecule has 0 saturated carbocycles. The molecule has 1 amide bonds. The second-order valence-electron chi connectivity index (χ2n) is 7.97. The SMILES string of the molecule is O=C(c1ccc(Cn2c(=O)[nH]c(=O)c3ccccc32)cc1)N1C=CC(=Cc2ccc(Br)cc2)C=N1. The largest absolute Gasteiger partial charge is 0.329 e. The van der Waals surface area contributed by atoms with Crippen molar-refractivity contribution in [1.82, 2.24) is 14.6 Å². The van der Waals surface area contributed by atoms with Crippen molar-refractivity contribution < 1.29 is 4.79 Å². The zero-order chi connectivity index (χ0) is 24.4. The lowest BCUT2D eigenvalue weighted by Gasteiger charge is -2.16. The average Bonchev–Trinajstić information content (AvgIpc) is 2.88. The fraction of sp³-hybridized carbons (Fsp3) is 0.0370. The van der Waals surface area contributed by atoms with Crippen LogP contribution in [0.1, 0.15) is 21.5 Å². The number of H-pyrrole nitrogens is 1. The molecule has 1 aliphatic heterocycles. The van der Waals surface area contributed by atoms with E-state index in [4.69, 9.17) is 0 Å². The summed E-state index contributed by atoms with van der Waals surface area (Å²) in [5, 5.41) is 5.99. The maximum absolute atomic E-state index is 12.9. The first-order valence-corrected chi connectivity index (χ1v) is 11.6. The van der Waals surface area contributed by atoms with Crippen molar-refractivity contribution in [2.24, 2.45) is 5.10 Å². The Kier molecular flexibility index (Phi) is 6.12. The molecule has 0 fully saturated rings. The second kappa shape index (κ2) is 9.52. The van der Waals surface area contributed by atoms with Gasteiger partial charge in [0.25, 0.3) is 11.5 Å². The van der Waals surface area contributed by atoms with Crippen LogP contribution in [0.25, 0.3) is 17.0 Å². The minimum absolute atomic E-state index is 0.260. The van der Waals surface area contributed by atoms with Gasteiger partial charge in [-0.25, -0.2) is 9.80 Å². The number of halogens is 1. The lowest BCUT2D eigenvalue weighted by atomic mass is 10.1. The smallest absolute Gasteiger partial charge is 0.289 e. The molecule has 0 saturated heterocycles. The minimum atomic E-state index is -0.478. The highest BCUT2D eigenvalue weighted by Gasteiger charge is 2.15. The van der Waals surface area contributed by atoms with Gasteiger partial charge in [-0.3, -0.25) is 19.1 Å². The van der Waals surface area contributed by atoms with Crippen LogP contribution in [-0.2, 0) is 6.54 Å². The van der Waals surface area contributed by atoms with Crippen LogP contribution < -0.4 is 11.2 Å². The van der Waals surface area contributed by atoms with Gasteiger partial charge in [-0.15, -0.1) is 0 Å². The van der Waals surface area contributed by atoms with Gasteiger partial charge in [0.15, 0.2) is 0 Å². The van der Waals surface area contributed by atoms with Gasteiger partial charge in [-0.05, 0) is 65.3 Å². The quantitative estimate of drug-likeness (QED) is 0.423. The summed E-state index contributed by atoms with van der Waals surface area (Å²) in [6, 6.07) is 21.8. The molecule has 0 radical (unpaired) electrons. The van der Waals surface area contributed by atoms with Gasteiger partial charge in [0.1, 0.15) is 0 Å². The Labute approximate surface area is 208 Å². The highest BCUT2D eigenvalue weighted by molar-refractivity contribution is 9.10. The number of allylic oxidation sites excluding steroid dienone is 2. The number of hydrazone groups is 1. The molecule has 0 bridgehead atoms. The van der Waals surface area contributed by atoms with E-state index in [1.165, 1.54) is 9.58 Å². The molecule has 172 valence electrons. The number of amides is 1. The molecule has 8 heteroatoms. The molecular weight excluding hydrogens is 508 g/mol. The molecular formula is C27H19BrN4O3. The number of nitrogens with one attached hydrogen (secondary N) is 1. The molecule has 1 N–H and O–H groups in total. The van der Waals surface area contributed by atoms with Crippen molar-refractivity contribution in [3.05, 3.63) is 133 Å². The molecule has 3 aromatic carbocycles. The molecule has 0 atom stereocenters. The van der Waals surface area contributed by atoms with Gasteiger partial charge in [0, 0.05) is 16.2 Å². The Morgan fingerprint density at radius 2 is 1.71 bits per heavy atom. The number of benzene rings is 3. The molecule has 1 aliphatic rings. The number of rotatable bonds is 4. The molecule has 4 aromatic rings. The van der Waals surface area contributed by atoms with Crippen molar-refractivity contribution in [3.63, 3.8) is 0 Å². The summed E-state index contributed by atoms with van der Waals surface area (Å²) in [7, 11) is 0. The van der Waals surface area contributed by atoms with Crippen molar-refractivity contribution in [2.75, 3.05) is 0 Å². The van der Waals surface area contributed by atoms with E-state index in [1.807, 2.05) is 36.4 Å². The number of nitrogens with zero attached hydrogens (tertiary/aromatic N) is 3. The van der Waals surface area contributed by atoms with Crippen LogP contribution in [0.4, 0.5) is 0 Å². The average molecular weight is 527 g/mol. The predicted molar refractivity (Wildman–Crippen MR) is 140 cm³/mol. The summed E-state index contributed by atoms with van der Waals surface area (Å²) in [5.41, 5.74) is 2.87. The standard InChI is InChI=1S/C27H19BrN4O3/c28-22-11-7-18(8-12-22)15-20-13-14-32(29-16-20)26(34)21-9-5-19(6-10-21)17-31-24-4-2-1-3-23(24)25(33)30-27(31)35/h1-16H,17H2,(H,30,33,35). The van der Waals surface area contributed by atoms with Crippen LogP contribution in [0.2, 0.25) is 0 Å². The normalized spacial score (nSPS) is 14.1. The van der Waals surface area contributed by atoms with Gasteiger partial charge in [0.05, 0.1) is 23.7 Å². The number of para-hydroxylation sites is 1. The first-order chi connectivity index (χ1) is 17.0. The molecule has 0 unspecified atom stereocenters. The highest BCUT2D eigenvalue weighted by atomic mass is 79.9. The van der Waals surface area contributed by atoms with Gasteiger partial charge in [-0.1, -0.05) is 52.3 Å². The zero-order valence-electron chi connectivity index (χ0n) is 18.4. The van der Waals surface area contributed by atoms with Crippen LogP contribution in [0.15, 0.2) is 110 Å². The minimum Gasteiger partial charge on any atom is -0.289 e. The predicted octanol–water partition coefficient (Wildman–Crippen LogP) is 4.54. The third kappa shape index (κ3) is 4.83. The van der Waals surface area contributed by atoms with Gasteiger partial charge >= 0.3 is 5.69 Å². The van der Waals surface area contributed by atoms with E-state index in [-0.39, 0.29) is 12.5 Å². The number of hydrogen-bond donors (Lipinski definition) is 1. The maximum atomic E-state index is 12.9. The summed E-state index contributed by atoms with van der Waals surface area (Å²) < 4.78 is 2.51. The first kappa shape index (κ1) is 22.5. The fourth-order valence-electron chi connectivity index (χ4n) is 3.79. The van der Waals surface area contributed by atoms with E-state index in [9.17, 15) is 14.4 Å². The van der Waals surface area contributed by atoms with E-state index in [0.717, 1.165) is 21.2 Å². The van der Waals surface area contributed by atoms with Crippen molar-refractivity contribution in [1.29, 1.82) is 0 Å². The zero-order valence-corrected chi connectivity index (χ0v) is 20.0. The summed E-state index contributed by atoms with van der Waals surface area (Å²) in [4.78, 5) is 39.7. The van der Waals surface area contributed by atoms with Crippen LogP contribution in [0, 0.1) is 0 Å². The Bertz CT molecular complexity index is 1610. The number of carbonyl (C=O) groups excluding carboxylic acids is 1. The number of carbonyl (C=O) groups is 1. The van der Waals surface area contributed by atoms with Gasteiger partial charge in [-0.2, -0.15) is 5.10 Å². The van der Waals surface area contributed by atoms with Gasteiger partial charge < -0.3 is 0 Å². The Balaban J connectivity index is 1.31. The Morgan fingerprint density at radius 1 is 0.971 bits per heavy atom. The van der Waals surface area contributed by atoms with Crippen molar-refractivity contribution in [3.8, 4) is 0 Å². The molecule has 0 spiro atoms. The summed E-state index contributed by atoms with van der Waals surface area (Å²) in [6.45, 7) is 0.260. The lowest BCUT2D eigenvalue weighted by molar-refractivity contribution is 0.0825. The van der Waals surface area contributed by atoms with Crippen LogP contribution >= 0.6 is 15.9 Å². The van der Waals surface area contributed by atoms with E-state index in [1.54, 1.807) is 60.9 Å². The lowest BCUT2D eigenvalue weighted by Crippen LogP contribution is -2.30. The topological polar surface area (TPSA) is 87.5 Å². The van der Waals surface area contributed by atoms with Crippen molar-refractivity contribution >= 4 is 45.0 Å². The first-order valence-electron chi connectivity index (χ1n) is 10.8. The summed E-state index contributed by atoms with van der Waals surface area (Å²) in [6.07, 6.45) is 7.08. The van der Waals surface area contributed by atoms with Crippen LogP contribution in [0.5, 0.6) is 0 Å². The van der Waals surface area contributed by atoms with Crippen molar-refractivity contribution in [2.45, 2.75) is 6.54 Å². The Hall–Kier alpha value is -4.30. The number of hydrogen-bond acceptors (Lipinski definition) is 4. The molecule has 35 heavy (non-hydrogen) atoms. The molecule has 5 rings (SSSR count). The number of aromatic nitrogens is 2. The fourth-order valence-corrected chi connectivity index (χ4v) is 4.06. The molecule has 7 nitrogen and oxygen atoms in total. The second-order valence-corrected chi connectivity index (χ2v) is 8.88. The number of fused-ring (bicyclic) bond motifs is 1. The van der Waals surface area contributed by atoms with E-state index in [2.05, 4.69) is 26.0 Å². The third-order valence-electron chi connectivity index (χ3n) is 5.60. The van der Waals surface area contributed by atoms with E-state index in [0.29, 0.717) is 16.5 Å². The summed E-state index contributed by atoms with van der Waals surface area (Å²) >= 11 is 3.42. The number of aromatic amines is 1. The Morgan fingerprint density at radius 3 is 2.43 bits per heavy atom. The van der Waals surface area contributed by atoms with Gasteiger partial charge in [0.2, 0.25) is 0 Å². The molecule has 2 heterocycles. The van der Waals surface area contributed by atoms with E-state index >= 15 is 0 Å². The van der Waals surface area contributed by atoms with Crippen LogP contribution in [-0.4, -0.2) is 26.7 Å². The van der Waals surface area contributed by atoms with Crippen LogP contribution in [0.3, 0.4) is 0 Å². The monoisotopic (exact) mass is 526 g/mol. The third-order valence-corrected chi connectivity index (χ3v) is 6.13. The highest BCUT2D eigenvalue weighted by Crippen LogP contribution is 2.17. The molecule has 0 aliphatic carbocycles. The summed E-state index contributed by atoms with van der Waals surface area (Å²) in [5.74, 6) is -0.265. The maximum Gasteiger partial charge on any atom is 0.329 e. The molecule has 1 aromatic heterocycles.